The minimum absolute atomic E-state index is 0.120. The predicted octanol–water partition coefficient (Wildman–Crippen LogP) is 6.50. The standard InChI is InChI=1S/C28H29Cl3N2O3/c1-3-13-32-28(35)26(15-20-7-5-4-6-8-20)33(17-21-9-10-22(29)16-25(21)31)27(34)18-36-23-11-12-24(30)19(2)14-23/h4-12,14,16,26H,3,13,15,17-18H2,1-2H3,(H,32,35). The van der Waals surface area contributed by atoms with E-state index < -0.39 is 6.04 Å². The van der Waals surface area contributed by atoms with Crippen molar-refractivity contribution >= 4 is 46.6 Å². The molecular weight excluding hydrogens is 519 g/mol. The highest BCUT2D eigenvalue weighted by molar-refractivity contribution is 6.35. The van der Waals surface area contributed by atoms with E-state index in [1.165, 1.54) is 4.90 Å². The maximum absolute atomic E-state index is 13.6. The van der Waals surface area contributed by atoms with Crippen molar-refractivity contribution in [2.75, 3.05) is 13.2 Å². The fraction of sp³-hybridized carbons (Fsp3) is 0.286. The zero-order valence-electron chi connectivity index (χ0n) is 20.3. The first kappa shape index (κ1) is 27.9. The Bertz CT molecular complexity index is 1190. The van der Waals surface area contributed by atoms with Gasteiger partial charge in [-0.2, -0.15) is 0 Å². The molecule has 3 aromatic carbocycles. The van der Waals surface area contributed by atoms with Crippen LogP contribution in [0.3, 0.4) is 0 Å². The molecule has 190 valence electrons. The summed E-state index contributed by atoms with van der Waals surface area (Å²) in [5.74, 6) is -0.0626. The molecule has 0 bridgehead atoms. The summed E-state index contributed by atoms with van der Waals surface area (Å²) in [5, 5.41) is 4.47. The summed E-state index contributed by atoms with van der Waals surface area (Å²) in [4.78, 5) is 28.4. The van der Waals surface area contributed by atoms with Crippen LogP contribution in [0, 0.1) is 6.92 Å². The molecule has 0 spiro atoms. The Morgan fingerprint density at radius 1 is 0.972 bits per heavy atom. The molecule has 1 atom stereocenters. The van der Waals surface area contributed by atoms with Gasteiger partial charge in [0.05, 0.1) is 0 Å². The molecule has 0 saturated carbocycles. The van der Waals surface area contributed by atoms with E-state index in [1.807, 2.05) is 44.2 Å². The molecule has 3 rings (SSSR count). The largest absolute Gasteiger partial charge is 0.484 e. The van der Waals surface area contributed by atoms with Crippen LogP contribution < -0.4 is 10.1 Å². The zero-order valence-corrected chi connectivity index (χ0v) is 22.5. The average molecular weight is 548 g/mol. The van der Waals surface area contributed by atoms with Gasteiger partial charge in [0.1, 0.15) is 11.8 Å². The predicted molar refractivity (Wildman–Crippen MR) is 146 cm³/mol. The van der Waals surface area contributed by atoms with Gasteiger partial charge in [-0.3, -0.25) is 9.59 Å². The summed E-state index contributed by atoms with van der Waals surface area (Å²) in [6, 6.07) is 19.1. The van der Waals surface area contributed by atoms with Crippen molar-refractivity contribution in [2.24, 2.45) is 0 Å². The molecule has 0 aliphatic rings. The van der Waals surface area contributed by atoms with Gasteiger partial charge in [-0.1, -0.05) is 78.1 Å². The van der Waals surface area contributed by atoms with Crippen molar-refractivity contribution < 1.29 is 14.3 Å². The van der Waals surface area contributed by atoms with Gasteiger partial charge in [0.2, 0.25) is 5.91 Å². The molecule has 1 N–H and O–H groups in total. The number of nitrogens with one attached hydrogen (secondary N) is 1. The normalized spacial score (nSPS) is 11.6. The number of halogens is 3. The number of rotatable bonds is 11. The van der Waals surface area contributed by atoms with Gasteiger partial charge in [0.15, 0.2) is 6.61 Å². The number of carbonyl (C=O) groups excluding carboxylic acids is 2. The van der Waals surface area contributed by atoms with E-state index in [-0.39, 0.29) is 25.0 Å². The number of hydrogen-bond acceptors (Lipinski definition) is 3. The van der Waals surface area contributed by atoms with Crippen LogP contribution in [0.2, 0.25) is 15.1 Å². The highest BCUT2D eigenvalue weighted by Crippen LogP contribution is 2.25. The third kappa shape index (κ3) is 7.89. The van der Waals surface area contributed by atoms with E-state index in [1.54, 1.807) is 36.4 Å². The number of nitrogens with zero attached hydrogens (tertiary/aromatic N) is 1. The van der Waals surface area contributed by atoms with Gasteiger partial charge >= 0.3 is 0 Å². The van der Waals surface area contributed by atoms with Crippen molar-refractivity contribution in [1.29, 1.82) is 0 Å². The van der Waals surface area contributed by atoms with Crippen LogP contribution in [0.4, 0.5) is 0 Å². The fourth-order valence-corrected chi connectivity index (χ4v) is 4.27. The fourth-order valence-electron chi connectivity index (χ4n) is 3.69. The van der Waals surface area contributed by atoms with E-state index >= 15 is 0 Å². The van der Waals surface area contributed by atoms with Gasteiger partial charge in [0, 0.05) is 34.6 Å². The molecule has 0 aromatic heterocycles. The van der Waals surface area contributed by atoms with Crippen LogP contribution in [0.5, 0.6) is 5.75 Å². The molecule has 0 fully saturated rings. The first-order valence-electron chi connectivity index (χ1n) is 11.7. The van der Waals surface area contributed by atoms with Gasteiger partial charge in [-0.15, -0.1) is 0 Å². The van der Waals surface area contributed by atoms with Gasteiger partial charge in [0.25, 0.3) is 5.91 Å². The molecule has 0 radical (unpaired) electrons. The quantitative estimate of drug-likeness (QED) is 0.298. The van der Waals surface area contributed by atoms with E-state index in [9.17, 15) is 9.59 Å². The van der Waals surface area contributed by atoms with Crippen molar-refractivity contribution in [1.82, 2.24) is 10.2 Å². The summed E-state index contributed by atoms with van der Waals surface area (Å²) in [7, 11) is 0. The van der Waals surface area contributed by atoms with Crippen molar-refractivity contribution in [2.45, 2.75) is 39.3 Å². The molecule has 5 nitrogen and oxygen atoms in total. The molecule has 0 saturated heterocycles. The number of benzene rings is 3. The van der Waals surface area contributed by atoms with Gasteiger partial charge in [-0.25, -0.2) is 0 Å². The van der Waals surface area contributed by atoms with Crippen molar-refractivity contribution in [3.05, 3.63) is 98.5 Å². The SMILES string of the molecule is CCCNC(=O)C(Cc1ccccc1)N(Cc1ccc(Cl)cc1Cl)C(=O)COc1ccc(Cl)c(C)c1. The summed E-state index contributed by atoms with van der Waals surface area (Å²) in [6.07, 6.45) is 1.12. The minimum Gasteiger partial charge on any atom is -0.484 e. The third-order valence-corrected chi connectivity index (χ3v) is 6.68. The van der Waals surface area contributed by atoms with E-state index in [2.05, 4.69) is 5.32 Å². The lowest BCUT2D eigenvalue weighted by molar-refractivity contribution is -0.142. The van der Waals surface area contributed by atoms with E-state index in [0.717, 1.165) is 17.5 Å². The number of amides is 2. The van der Waals surface area contributed by atoms with Crippen LogP contribution in [0.15, 0.2) is 66.7 Å². The van der Waals surface area contributed by atoms with Crippen LogP contribution >= 0.6 is 34.8 Å². The lowest BCUT2D eigenvalue weighted by Crippen LogP contribution is -2.51. The minimum atomic E-state index is -0.770. The Morgan fingerprint density at radius 2 is 1.72 bits per heavy atom. The lowest BCUT2D eigenvalue weighted by Gasteiger charge is -2.31. The molecule has 3 aromatic rings. The average Bonchev–Trinajstić information content (AvgIpc) is 2.87. The topological polar surface area (TPSA) is 58.6 Å². The maximum Gasteiger partial charge on any atom is 0.261 e. The van der Waals surface area contributed by atoms with E-state index in [4.69, 9.17) is 39.5 Å². The zero-order chi connectivity index (χ0) is 26.1. The number of hydrogen-bond donors (Lipinski definition) is 1. The first-order valence-corrected chi connectivity index (χ1v) is 12.9. The molecule has 0 aliphatic heterocycles. The summed E-state index contributed by atoms with van der Waals surface area (Å²) < 4.78 is 5.80. The summed E-state index contributed by atoms with van der Waals surface area (Å²) >= 11 is 18.6. The van der Waals surface area contributed by atoms with Crippen LogP contribution in [-0.4, -0.2) is 35.9 Å². The number of carbonyl (C=O) groups is 2. The number of aryl methyl sites for hydroxylation is 1. The molecule has 8 heteroatoms. The molecule has 0 aliphatic carbocycles. The number of ether oxygens (including phenoxy) is 1. The Kier molecular flexibility index (Phi) is 10.5. The highest BCUT2D eigenvalue weighted by Gasteiger charge is 2.31. The first-order chi connectivity index (χ1) is 17.3. The summed E-state index contributed by atoms with van der Waals surface area (Å²) in [6.45, 7) is 4.21. The molecular formula is C28H29Cl3N2O3. The monoisotopic (exact) mass is 546 g/mol. The Hall–Kier alpha value is -2.73. The van der Waals surface area contributed by atoms with Crippen LogP contribution in [0.1, 0.15) is 30.0 Å². The molecule has 0 heterocycles. The molecule has 2 amide bonds. The van der Waals surface area contributed by atoms with Crippen molar-refractivity contribution in [3.8, 4) is 5.75 Å². The Morgan fingerprint density at radius 3 is 2.39 bits per heavy atom. The van der Waals surface area contributed by atoms with Gasteiger partial charge in [-0.05, 0) is 60.4 Å². The lowest BCUT2D eigenvalue weighted by atomic mass is 10.0. The van der Waals surface area contributed by atoms with E-state index in [0.29, 0.717) is 39.3 Å². The third-order valence-electron chi connectivity index (χ3n) is 5.67. The van der Waals surface area contributed by atoms with Crippen LogP contribution in [0.25, 0.3) is 0 Å². The van der Waals surface area contributed by atoms with Crippen LogP contribution in [-0.2, 0) is 22.6 Å². The molecule has 1 unspecified atom stereocenters. The maximum atomic E-state index is 13.6. The second kappa shape index (κ2) is 13.5. The Labute approximate surface area is 227 Å². The second-order valence-corrected chi connectivity index (χ2v) is 9.70. The highest BCUT2D eigenvalue weighted by atomic mass is 35.5. The van der Waals surface area contributed by atoms with Gasteiger partial charge < -0.3 is 15.0 Å². The Balaban J connectivity index is 1.92. The summed E-state index contributed by atoms with van der Waals surface area (Å²) in [5.41, 5.74) is 2.45. The second-order valence-electron chi connectivity index (χ2n) is 8.45. The molecule has 36 heavy (non-hydrogen) atoms. The smallest absolute Gasteiger partial charge is 0.261 e. The van der Waals surface area contributed by atoms with Crippen molar-refractivity contribution in [3.63, 3.8) is 0 Å².